The lowest BCUT2D eigenvalue weighted by molar-refractivity contribution is -0.151. The van der Waals surface area contributed by atoms with Crippen molar-refractivity contribution in [3.05, 3.63) is 24.8 Å². The van der Waals surface area contributed by atoms with Crippen molar-refractivity contribution < 1.29 is 9.53 Å². The van der Waals surface area contributed by atoms with Crippen molar-refractivity contribution in [2.45, 2.75) is 45.1 Å². The zero-order valence-corrected chi connectivity index (χ0v) is 10.6. The Balaban J connectivity index is 2.14. The van der Waals surface area contributed by atoms with E-state index in [1.54, 1.807) is 0 Å². The summed E-state index contributed by atoms with van der Waals surface area (Å²) >= 11 is 0. The molecule has 0 aromatic carbocycles. The van der Waals surface area contributed by atoms with Gasteiger partial charge in [0.25, 0.3) is 0 Å². The minimum atomic E-state index is -0.0211. The van der Waals surface area contributed by atoms with Crippen LogP contribution in [-0.2, 0) is 9.53 Å². The summed E-state index contributed by atoms with van der Waals surface area (Å²) in [5.41, 5.74) is 0. The van der Waals surface area contributed by atoms with Gasteiger partial charge in [0.1, 0.15) is 6.10 Å². The molecule has 0 unspecified atom stereocenters. The predicted molar refractivity (Wildman–Crippen MR) is 68.4 cm³/mol. The van der Waals surface area contributed by atoms with Crippen LogP contribution >= 0.6 is 0 Å². The summed E-state index contributed by atoms with van der Waals surface area (Å²) in [6.45, 7) is 6.17. The Bertz CT molecular complexity index is 319. The Morgan fingerprint density at radius 3 is 3.06 bits per heavy atom. The maximum atomic E-state index is 11.7. The lowest BCUT2D eigenvalue weighted by atomic mass is 9.87. The van der Waals surface area contributed by atoms with Crippen LogP contribution in [-0.4, -0.2) is 12.1 Å². The summed E-state index contributed by atoms with van der Waals surface area (Å²) < 4.78 is 5.63. The highest BCUT2D eigenvalue weighted by molar-refractivity contribution is 5.69. The fraction of sp³-hybridized carbons (Fsp3) is 0.667. The molecule has 94 valence electrons. The van der Waals surface area contributed by atoms with Crippen LogP contribution in [0.3, 0.4) is 0 Å². The van der Waals surface area contributed by atoms with Crippen molar-refractivity contribution in [2.75, 3.05) is 0 Å². The molecule has 1 saturated carbocycles. The molecule has 1 aliphatic carbocycles. The van der Waals surface area contributed by atoms with Gasteiger partial charge in [-0.3, -0.25) is 4.79 Å². The highest BCUT2D eigenvalue weighted by Crippen LogP contribution is 2.42. The molecule has 0 amide bonds. The first kappa shape index (κ1) is 12.4. The molecule has 0 radical (unpaired) electrons. The molecule has 2 nitrogen and oxygen atoms in total. The molecule has 1 heterocycles. The topological polar surface area (TPSA) is 26.3 Å². The fourth-order valence-corrected chi connectivity index (χ4v) is 3.18. The van der Waals surface area contributed by atoms with Gasteiger partial charge in [-0.15, -0.1) is 6.58 Å². The van der Waals surface area contributed by atoms with Crippen molar-refractivity contribution in [3.8, 4) is 0 Å². The number of esters is 1. The van der Waals surface area contributed by atoms with Crippen LogP contribution in [0.4, 0.5) is 0 Å². The Kier molecular flexibility index (Phi) is 4.03. The Hall–Kier alpha value is -1.05. The van der Waals surface area contributed by atoms with Gasteiger partial charge in [0.15, 0.2) is 0 Å². The lowest BCUT2D eigenvalue weighted by Crippen LogP contribution is -2.24. The van der Waals surface area contributed by atoms with Crippen molar-refractivity contribution >= 4 is 5.97 Å². The molecule has 0 aromatic heterocycles. The van der Waals surface area contributed by atoms with E-state index >= 15 is 0 Å². The lowest BCUT2D eigenvalue weighted by Gasteiger charge is -2.23. The van der Waals surface area contributed by atoms with Crippen molar-refractivity contribution in [1.29, 1.82) is 0 Å². The number of fused-ring (bicyclic) bond motifs is 1. The molecule has 4 atom stereocenters. The number of hydrogen-bond acceptors (Lipinski definition) is 2. The molecule has 2 rings (SSSR count). The number of carbonyl (C=O) groups excluding carboxylic acids is 1. The minimum absolute atomic E-state index is 0.0211. The van der Waals surface area contributed by atoms with Gasteiger partial charge >= 0.3 is 5.97 Å². The maximum absolute atomic E-state index is 11.7. The van der Waals surface area contributed by atoms with Gasteiger partial charge in [-0.25, -0.2) is 0 Å². The normalized spacial score (nSPS) is 40.2. The second-order valence-corrected chi connectivity index (χ2v) is 5.32. The first-order valence-electron chi connectivity index (χ1n) is 6.69. The molecule has 2 heteroatoms. The summed E-state index contributed by atoms with van der Waals surface area (Å²) in [4.78, 5) is 11.7. The molecular formula is C15H22O2. The Labute approximate surface area is 104 Å². The molecule has 1 aliphatic heterocycles. The van der Waals surface area contributed by atoms with Crippen LogP contribution in [0.5, 0.6) is 0 Å². The van der Waals surface area contributed by atoms with E-state index in [0.717, 1.165) is 25.7 Å². The van der Waals surface area contributed by atoms with E-state index in [1.807, 2.05) is 6.08 Å². The van der Waals surface area contributed by atoms with Crippen LogP contribution in [0.15, 0.2) is 24.8 Å². The standard InChI is InChI=1S/C15H22O2/c1-3-12-11(2)10-14-13(12)8-6-4-5-7-9-15(16)17-14/h3-4,6,11-14H,1,5,7-10H2,2H3/b6-4-/t11-,12+,13-,14+/m1/s1. The quantitative estimate of drug-likeness (QED) is 0.513. The average Bonchev–Trinajstić information content (AvgIpc) is 2.59. The fourth-order valence-electron chi connectivity index (χ4n) is 3.18. The van der Waals surface area contributed by atoms with Gasteiger partial charge in [-0.2, -0.15) is 0 Å². The molecule has 0 bridgehead atoms. The number of ether oxygens (including phenoxy) is 1. The molecule has 0 saturated heterocycles. The van der Waals surface area contributed by atoms with E-state index in [2.05, 4.69) is 25.7 Å². The number of allylic oxidation sites excluding steroid dienone is 3. The van der Waals surface area contributed by atoms with Crippen molar-refractivity contribution in [2.24, 2.45) is 17.8 Å². The molecular weight excluding hydrogens is 212 g/mol. The third kappa shape index (κ3) is 2.80. The van der Waals surface area contributed by atoms with Crippen LogP contribution < -0.4 is 0 Å². The van der Waals surface area contributed by atoms with E-state index in [9.17, 15) is 4.79 Å². The summed E-state index contributed by atoms with van der Waals surface area (Å²) in [5, 5.41) is 0. The van der Waals surface area contributed by atoms with Crippen LogP contribution in [0.1, 0.15) is 39.0 Å². The highest BCUT2D eigenvalue weighted by atomic mass is 16.5. The summed E-state index contributed by atoms with van der Waals surface area (Å²) in [6, 6.07) is 0. The van der Waals surface area contributed by atoms with Gasteiger partial charge in [-0.05, 0) is 37.5 Å². The maximum Gasteiger partial charge on any atom is 0.306 e. The van der Waals surface area contributed by atoms with Crippen LogP contribution in [0.2, 0.25) is 0 Å². The van der Waals surface area contributed by atoms with Gasteiger partial charge < -0.3 is 4.74 Å². The van der Waals surface area contributed by atoms with Gasteiger partial charge in [0, 0.05) is 12.3 Å². The zero-order chi connectivity index (χ0) is 12.3. The predicted octanol–water partition coefficient (Wildman–Crippen LogP) is 3.49. The van der Waals surface area contributed by atoms with E-state index in [-0.39, 0.29) is 12.1 Å². The van der Waals surface area contributed by atoms with E-state index in [1.165, 1.54) is 0 Å². The molecule has 0 spiro atoms. The number of carbonyl (C=O) groups is 1. The highest BCUT2D eigenvalue weighted by Gasteiger charge is 2.40. The molecule has 0 aromatic rings. The van der Waals surface area contributed by atoms with Crippen molar-refractivity contribution in [1.82, 2.24) is 0 Å². The smallest absolute Gasteiger partial charge is 0.306 e. The summed E-state index contributed by atoms with van der Waals surface area (Å²) in [5.74, 6) is 1.47. The second kappa shape index (κ2) is 5.52. The third-order valence-corrected chi connectivity index (χ3v) is 4.11. The van der Waals surface area contributed by atoms with Gasteiger partial charge in [-0.1, -0.05) is 25.2 Å². The Morgan fingerprint density at radius 2 is 2.29 bits per heavy atom. The number of hydrogen-bond donors (Lipinski definition) is 0. The third-order valence-electron chi connectivity index (χ3n) is 4.11. The van der Waals surface area contributed by atoms with Gasteiger partial charge in [0.2, 0.25) is 0 Å². The Morgan fingerprint density at radius 1 is 1.47 bits per heavy atom. The van der Waals surface area contributed by atoms with E-state index in [4.69, 9.17) is 4.74 Å². The molecule has 0 N–H and O–H groups in total. The first-order chi connectivity index (χ1) is 8.22. The van der Waals surface area contributed by atoms with Gasteiger partial charge in [0.05, 0.1) is 0 Å². The van der Waals surface area contributed by atoms with E-state index < -0.39 is 0 Å². The monoisotopic (exact) mass is 234 g/mol. The average molecular weight is 234 g/mol. The summed E-state index contributed by atoms with van der Waals surface area (Å²) in [7, 11) is 0. The van der Waals surface area contributed by atoms with Crippen molar-refractivity contribution in [3.63, 3.8) is 0 Å². The summed E-state index contributed by atoms with van der Waals surface area (Å²) in [6.07, 6.45) is 11.1. The van der Waals surface area contributed by atoms with E-state index in [0.29, 0.717) is 24.2 Å². The molecule has 2 aliphatic rings. The first-order valence-corrected chi connectivity index (χ1v) is 6.69. The van der Waals surface area contributed by atoms with Crippen LogP contribution in [0, 0.1) is 17.8 Å². The SMILES string of the molecule is C=C[C@@H]1[C@H]2C/C=C\CCCC(=O)O[C@H]2C[C@H]1C. The zero-order valence-electron chi connectivity index (χ0n) is 10.6. The molecule has 17 heavy (non-hydrogen) atoms. The second-order valence-electron chi connectivity index (χ2n) is 5.32. The van der Waals surface area contributed by atoms with Crippen LogP contribution in [0.25, 0.3) is 0 Å². The largest absolute Gasteiger partial charge is 0.462 e. The molecule has 1 fully saturated rings. The number of rotatable bonds is 1. The minimum Gasteiger partial charge on any atom is -0.462 e.